The Bertz CT molecular complexity index is 552. The third-order valence-electron chi connectivity index (χ3n) is 8.48. The molecule has 30 heavy (non-hydrogen) atoms. The highest BCUT2D eigenvalue weighted by molar-refractivity contribution is 5.80. The molecule has 0 aromatic heterocycles. The molecule has 6 fully saturated rings. The van der Waals surface area contributed by atoms with Crippen LogP contribution in [0.15, 0.2) is 0 Å². The Kier molecular flexibility index (Phi) is 6.46. The number of hydrogen-bond acceptors (Lipinski definition) is 3. The van der Waals surface area contributed by atoms with E-state index >= 15 is 0 Å². The number of carbonyl (C=O) groups is 1. The summed E-state index contributed by atoms with van der Waals surface area (Å²) in [5.74, 6) is 1.29. The van der Waals surface area contributed by atoms with Gasteiger partial charge in [0.05, 0.1) is 0 Å². The number of piperidine rings is 2. The second-order valence-corrected chi connectivity index (χ2v) is 13.3. The molecule has 6 rings (SSSR count). The molecule has 1 amide bonds. The largest absolute Gasteiger partial charge is 0.367 e. The fourth-order valence-corrected chi connectivity index (χ4v) is 8.32. The fourth-order valence-electron chi connectivity index (χ4n) is 8.32. The van der Waals surface area contributed by atoms with Gasteiger partial charge in [-0.3, -0.25) is 14.6 Å². The number of carbonyl (C=O) groups excluding carboxylic acids is 1. The third kappa shape index (κ3) is 4.60. The minimum Gasteiger partial charge on any atom is -0.367 e. The number of rotatable bonds is 1. The topological polar surface area (TPSA) is 49.6 Å². The molecule has 0 aliphatic carbocycles. The van der Waals surface area contributed by atoms with Gasteiger partial charge < -0.3 is 5.73 Å². The molecule has 2 N–H and O–H groups in total. The van der Waals surface area contributed by atoms with Crippen LogP contribution in [0.25, 0.3) is 0 Å². The zero-order valence-corrected chi connectivity index (χ0v) is 21.2. The summed E-state index contributed by atoms with van der Waals surface area (Å²) in [6.07, 6.45) is 12.3. The van der Waals surface area contributed by atoms with Crippen LogP contribution in [0.5, 0.6) is 0 Å². The van der Waals surface area contributed by atoms with Crippen LogP contribution < -0.4 is 5.73 Å². The molecule has 0 radical (unpaired) electrons. The van der Waals surface area contributed by atoms with Gasteiger partial charge in [0, 0.05) is 22.2 Å². The summed E-state index contributed by atoms with van der Waals surface area (Å²) in [6.45, 7) is 18.8. The van der Waals surface area contributed by atoms with E-state index in [0.29, 0.717) is 0 Å². The summed E-state index contributed by atoms with van der Waals surface area (Å²) in [5.41, 5.74) is 6.02. The Morgan fingerprint density at radius 2 is 0.933 bits per heavy atom. The zero-order valence-electron chi connectivity index (χ0n) is 21.2. The molecule has 4 bridgehead atoms. The van der Waals surface area contributed by atoms with Gasteiger partial charge in [-0.2, -0.15) is 0 Å². The minimum absolute atomic E-state index is 0.0602. The minimum atomic E-state index is -0.368. The first-order valence-electron chi connectivity index (χ1n) is 12.6. The van der Waals surface area contributed by atoms with Crippen molar-refractivity contribution in [1.29, 1.82) is 0 Å². The third-order valence-corrected chi connectivity index (χ3v) is 8.48. The van der Waals surface area contributed by atoms with Gasteiger partial charge in [-0.25, -0.2) is 0 Å². The van der Waals surface area contributed by atoms with Crippen molar-refractivity contribution >= 4 is 5.91 Å². The van der Waals surface area contributed by atoms with Gasteiger partial charge in [0.2, 0.25) is 5.91 Å². The maximum atomic E-state index is 13.2. The number of primary amides is 1. The average Bonchev–Trinajstić information content (AvgIpc) is 2.52. The fraction of sp³-hybridized carbons (Fsp3) is 0.962. The van der Waals surface area contributed by atoms with Gasteiger partial charge in [-0.15, -0.1) is 0 Å². The number of amides is 1. The van der Waals surface area contributed by atoms with E-state index in [2.05, 4.69) is 65.2 Å². The molecule has 0 saturated carbocycles. The van der Waals surface area contributed by atoms with E-state index in [9.17, 15) is 4.79 Å². The lowest BCUT2D eigenvalue weighted by atomic mass is 9.69. The highest BCUT2D eigenvalue weighted by Crippen LogP contribution is 2.50. The molecule has 0 unspecified atom stereocenters. The molecule has 4 nitrogen and oxygen atoms in total. The van der Waals surface area contributed by atoms with Crippen LogP contribution >= 0.6 is 0 Å². The number of nitrogens with zero attached hydrogens (tertiary/aromatic N) is 2. The molecule has 0 spiro atoms. The van der Waals surface area contributed by atoms with Gasteiger partial charge in [-0.1, -0.05) is 38.5 Å². The van der Waals surface area contributed by atoms with E-state index in [4.69, 9.17) is 5.73 Å². The smallest absolute Gasteiger partial charge is 0.249 e. The molecule has 0 atom stereocenters. The van der Waals surface area contributed by atoms with Crippen LogP contribution in [-0.2, 0) is 4.79 Å². The van der Waals surface area contributed by atoms with Crippen molar-refractivity contribution in [2.75, 3.05) is 0 Å². The molecular formula is C26H49N3O. The van der Waals surface area contributed by atoms with Crippen LogP contribution in [0.4, 0.5) is 0 Å². The van der Waals surface area contributed by atoms with Crippen molar-refractivity contribution in [3.63, 3.8) is 0 Å². The standard InChI is InChI=1S/C26H49N3O/c1-23(2)15-19-13-11-9-10-12-14-20-17-25(5,6)29(26(7,8)18-20)22(21(27)30)28(23)24(3,4)16-19/h19-20,22H,9-18H2,1-8H3,(H2,27,30). The van der Waals surface area contributed by atoms with Crippen molar-refractivity contribution in [3.8, 4) is 0 Å². The van der Waals surface area contributed by atoms with Crippen LogP contribution in [0, 0.1) is 11.8 Å². The zero-order chi connectivity index (χ0) is 22.5. The van der Waals surface area contributed by atoms with Crippen molar-refractivity contribution in [1.82, 2.24) is 9.80 Å². The van der Waals surface area contributed by atoms with Gasteiger partial charge >= 0.3 is 0 Å². The molecule has 6 aliphatic rings. The van der Waals surface area contributed by atoms with E-state index < -0.39 is 0 Å². The first-order chi connectivity index (χ1) is 13.7. The van der Waals surface area contributed by atoms with Crippen LogP contribution in [0.1, 0.15) is 120 Å². The summed E-state index contributed by atoms with van der Waals surface area (Å²) in [5, 5.41) is 0. The van der Waals surface area contributed by atoms with E-state index in [0.717, 1.165) is 37.5 Å². The van der Waals surface area contributed by atoms with Crippen LogP contribution in [0.3, 0.4) is 0 Å². The number of nitrogens with two attached hydrogens (primary N) is 1. The van der Waals surface area contributed by atoms with E-state index in [1.807, 2.05) is 0 Å². The van der Waals surface area contributed by atoms with Crippen molar-refractivity contribution in [3.05, 3.63) is 0 Å². The maximum absolute atomic E-state index is 13.2. The van der Waals surface area contributed by atoms with Gasteiger partial charge in [0.1, 0.15) is 6.17 Å². The highest BCUT2D eigenvalue weighted by atomic mass is 16.2. The molecule has 6 heterocycles. The Hall–Kier alpha value is -0.610. The normalized spacial score (nSPS) is 40.3. The molecular weight excluding hydrogens is 370 g/mol. The maximum Gasteiger partial charge on any atom is 0.249 e. The second-order valence-electron chi connectivity index (χ2n) is 13.3. The van der Waals surface area contributed by atoms with Gasteiger partial charge in [0.15, 0.2) is 0 Å². The lowest BCUT2D eigenvalue weighted by Gasteiger charge is -2.65. The Morgan fingerprint density at radius 3 is 1.20 bits per heavy atom. The Labute approximate surface area is 186 Å². The molecule has 6 saturated heterocycles. The molecule has 0 aromatic rings. The molecule has 4 heteroatoms. The SMILES string of the molecule is CC1(C)CC2CCCCCCC3CC(C)(C)N(C(C(N)=O)N1C(C)(C)C2)C(C)(C)C3. The average molecular weight is 420 g/mol. The second kappa shape index (κ2) is 8.06. The summed E-state index contributed by atoms with van der Waals surface area (Å²) < 4.78 is 0. The number of hydrogen-bond donors (Lipinski definition) is 1. The predicted molar refractivity (Wildman–Crippen MR) is 126 cm³/mol. The molecule has 6 aliphatic heterocycles. The quantitative estimate of drug-likeness (QED) is 0.594. The monoisotopic (exact) mass is 419 g/mol. The molecule has 174 valence electrons. The molecule has 0 aromatic carbocycles. The van der Waals surface area contributed by atoms with Crippen LogP contribution in [0.2, 0.25) is 0 Å². The van der Waals surface area contributed by atoms with Crippen molar-refractivity contribution < 1.29 is 4.79 Å². The summed E-state index contributed by atoms with van der Waals surface area (Å²) in [6, 6.07) is 0. The Balaban J connectivity index is 2.12. The summed E-state index contributed by atoms with van der Waals surface area (Å²) in [7, 11) is 0. The predicted octanol–water partition coefficient (Wildman–Crippen LogP) is 5.69. The van der Waals surface area contributed by atoms with E-state index in [1.54, 1.807) is 0 Å². The highest BCUT2D eigenvalue weighted by Gasteiger charge is 2.57. The van der Waals surface area contributed by atoms with E-state index in [-0.39, 0.29) is 34.2 Å². The summed E-state index contributed by atoms with van der Waals surface area (Å²) >= 11 is 0. The van der Waals surface area contributed by atoms with Crippen molar-refractivity contribution in [2.45, 2.75) is 148 Å². The Morgan fingerprint density at radius 1 is 0.633 bits per heavy atom. The first kappa shape index (κ1) is 24.0. The first-order valence-corrected chi connectivity index (χ1v) is 12.6. The van der Waals surface area contributed by atoms with E-state index in [1.165, 1.54) is 38.5 Å². The lowest BCUT2D eigenvalue weighted by Crippen LogP contribution is -2.76. The van der Waals surface area contributed by atoms with Crippen LogP contribution in [-0.4, -0.2) is 44.0 Å². The van der Waals surface area contributed by atoms with Gasteiger partial charge in [0.25, 0.3) is 0 Å². The van der Waals surface area contributed by atoms with Gasteiger partial charge in [-0.05, 0) is 92.9 Å². The van der Waals surface area contributed by atoms with Crippen molar-refractivity contribution in [2.24, 2.45) is 17.6 Å². The lowest BCUT2D eigenvalue weighted by molar-refractivity contribution is -0.195. The summed E-state index contributed by atoms with van der Waals surface area (Å²) in [4.78, 5) is 18.2.